The summed E-state index contributed by atoms with van der Waals surface area (Å²) in [5.74, 6) is 0.383. The monoisotopic (exact) mass is 213 g/mol. The third kappa shape index (κ3) is 1.88. The summed E-state index contributed by atoms with van der Waals surface area (Å²) < 4.78 is 10.3. The average Bonchev–Trinajstić information content (AvgIpc) is 2.79. The summed E-state index contributed by atoms with van der Waals surface area (Å²) in [5, 5.41) is 3.28. The highest BCUT2D eigenvalue weighted by Crippen LogP contribution is 2.40. The lowest BCUT2D eigenvalue weighted by Gasteiger charge is -2.36. The summed E-state index contributed by atoms with van der Waals surface area (Å²) in [7, 11) is 1.49. The number of rotatable bonds is 2. The molecule has 1 atom stereocenters. The van der Waals surface area contributed by atoms with Gasteiger partial charge in [0.2, 0.25) is 0 Å². The maximum absolute atomic E-state index is 11.9. The highest BCUT2D eigenvalue weighted by molar-refractivity contribution is 5.78. The third-order valence-electron chi connectivity index (χ3n) is 3.78. The van der Waals surface area contributed by atoms with E-state index in [0.29, 0.717) is 5.92 Å². The fraction of sp³-hybridized carbons (Fsp3) is 0.909. The molecular formula is C11H19NO3. The van der Waals surface area contributed by atoms with Gasteiger partial charge < -0.3 is 14.8 Å². The summed E-state index contributed by atoms with van der Waals surface area (Å²) in [6.07, 6.45) is 2.87. The van der Waals surface area contributed by atoms with Crippen molar-refractivity contribution in [1.82, 2.24) is 5.32 Å². The molecule has 2 heterocycles. The minimum Gasteiger partial charge on any atom is -0.469 e. The first-order valence-corrected chi connectivity index (χ1v) is 5.66. The number of methoxy groups -OCH3 is 1. The van der Waals surface area contributed by atoms with Crippen LogP contribution in [0.5, 0.6) is 0 Å². The van der Waals surface area contributed by atoms with Crippen molar-refractivity contribution >= 4 is 5.97 Å². The van der Waals surface area contributed by atoms with Gasteiger partial charge in [-0.15, -0.1) is 0 Å². The SMILES string of the molecule is COC(=O)C1(C2CCOCC2)CCNC1. The van der Waals surface area contributed by atoms with Gasteiger partial charge in [0, 0.05) is 19.8 Å². The molecule has 1 N–H and O–H groups in total. The number of ether oxygens (including phenoxy) is 2. The number of hydrogen-bond donors (Lipinski definition) is 1. The molecule has 0 bridgehead atoms. The van der Waals surface area contributed by atoms with Crippen LogP contribution in [0.4, 0.5) is 0 Å². The van der Waals surface area contributed by atoms with E-state index in [1.54, 1.807) is 0 Å². The molecule has 4 nitrogen and oxygen atoms in total. The van der Waals surface area contributed by atoms with Gasteiger partial charge in [0.1, 0.15) is 0 Å². The minimum atomic E-state index is -0.279. The van der Waals surface area contributed by atoms with Gasteiger partial charge >= 0.3 is 5.97 Å². The van der Waals surface area contributed by atoms with Crippen LogP contribution >= 0.6 is 0 Å². The Labute approximate surface area is 90.3 Å². The van der Waals surface area contributed by atoms with E-state index in [0.717, 1.165) is 45.6 Å². The fourth-order valence-corrected chi connectivity index (χ4v) is 2.85. The topological polar surface area (TPSA) is 47.6 Å². The average molecular weight is 213 g/mol. The third-order valence-corrected chi connectivity index (χ3v) is 3.78. The van der Waals surface area contributed by atoms with Crippen molar-refractivity contribution in [2.45, 2.75) is 19.3 Å². The van der Waals surface area contributed by atoms with Crippen molar-refractivity contribution in [1.29, 1.82) is 0 Å². The van der Waals surface area contributed by atoms with Crippen LogP contribution in [0.2, 0.25) is 0 Å². The fourth-order valence-electron chi connectivity index (χ4n) is 2.85. The number of carbonyl (C=O) groups excluding carboxylic acids is 1. The Morgan fingerprint density at radius 3 is 2.73 bits per heavy atom. The van der Waals surface area contributed by atoms with Gasteiger partial charge in [-0.2, -0.15) is 0 Å². The largest absolute Gasteiger partial charge is 0.469 e. The Morgan fingerprint density at radius 2 is 2.20 bits per heavy atom. The molecule has 0 aliphatic carbocycles. The minimum absolute atomic E-state index is 0.0422. The molecule has 0 aromatic carbocycles. The molecule has 0 saturated carbocycles. The van der Waals surface area contributed by atoms with E-state index in [-0.39, 0.29) is 11.4 Å². The van der Waals surface area contributed by atoms with E-state index in [9.17, 15) is 4.79 Å². The Hall–Kier alpha value is -0.610. The number of carbonyl (C=O) groups is 1. The van der Waals surface area contributed by atoms with Gasteiger partial charge in [0.25, 0.3) is 0 Å². The van der Waals surface area contributed by atoms with Crippen molar-refractivity contribution in [3.8, 4) is 0 Å². The molecule has 15 heavy (non-hydrogen) atoms. The molecule has 2 aliphatic heterocycles. The van der Waals surface area contributed by atoms with Gasteiger partial charge in [0.15, 0.2) is 0 Å². The Kier molecular flexibility index (Phi) is 3.26. The summed E-state index contributed by atoms with van der Waals surface area (Å²) in [4.78, 5) is 11.9. The number of hydrogen-bond acceptors (Lipinski definition) is 4. The normalized spacial score (nSPS) is 32.9. The Morgan fingerprint density at radius 1 is 1.47 bits per heavy atom. The molecular weight excluding hydrogens is 194 g/mol. The number of nitrogens with one attached hydrogen (secondary N) is 1. The van der Waals surface area contributed by atoms with Gasteiger partial charge in [0.05, 0.1) is 12.5 Å². The van der Waals surface area contributed by atoms with Crippen LogP contribution in [0, 0.1) is 11.3 Å². The van der Waals surface area contributed by atoms with Crippen LogP contribution in [0.3, 0.4) is 0 Å². The quantitative estimate of drug-likeness (QED) is 0.681. The van der Waals surface area contributed by atoms with Crippen LogP contribution in [0.25, 0.3) is 0 Å². The smallest absolute Gasteiger partial charge is 0.313 e. The molecule has 0 aromatic rings. The lowest BCUT2D eigenvalue weighted by Crippen LogP contribution is -2.43. The first-order valence-electron chi connectivity index (χ1n) is 5.66. The van der Waals surface area contributed by atoms with E-state index >= 15 is 0 Å². The van der Waals surface area contributed by atoms with Crippen molar-refractivity contribution in [2.75, 3.05) is 33.4 Å². The molecule has 2 fully saturated rings. The maximum atomic E-state index is 11.9. The highest BCUT2D eigenvalue weighted by Gasteiger charge is 2.48. The summed E-state index contributed by atoms with van der Waals surface area (Å²) in [6, 6.07) is 0. The van der Waals surface area contributed by atoms with Crippen molar-refractivity contribution in [3.05, 3.63) is 0 Å². The van der Waals surface area contributed by atoms with Crippen molar-refractivity contribution < 1.29 is 14.3 Å². The zero-order valence-corrected chi connectivity index (χ0v) is 9.25. The van der Waals surface area contributed by atoms with E-state index in [1.165, 1.54) is 7.11 Å². The molecule has 2 aliphatic rings. The molecule has 4 heteroatoms. The van der Waals surface area contributed by atoms with Crippen molar-refractivity contribution in [2.24, 2.45) is 11.3 Å². The lowest BCUT2D eigenvalue weighted by molar-refractivity contribution is -0.157. The molecule has 0 amide bonds. The van der Waals surface area contributed by atoms with Gasteiger partial charge in [-0.3, -0.25) is 4.79 Å². The summed E-state index contributed by atoms with van der Waals surface area (Å²) in [6.45, 7) is 3.25. The second-order valence-corrected chi connectivity index (χ2v) is 4.46. The summed E-state index contributed by atoms with van der Waals surface area (Å²) >= 11 is 0. The molecule has 2 saturated heterocycles. The molecule has 2 rings (SSSR count). The highest BCUT2D eigenvalue weighted by atomic mass is 16.5. The van der Waals surface area contributed by atoms with E-state index in [1.807, 2.05) is 0 Å². The maximum Gasteiger partial charge on any atom is 0.313 e. The van der Waals surface area contributed by atoms with Gasteiger partial charge in [-0.05, 0) is 31.7 Å². The zero-order valence-electron chi connectivity index (χ0n) is 9.25. The van der Waals surface area contributed by atoms with Crippen molar-refractivity contribution in [3.63, 3.8) is 0 Å². The molecule has 86 valence electrons. The van der Waals surface area contributed by atoms with Gasteiger partial charge in [-0.25, -0.2) is 0 Å². The second kappa shape index (κ2) is 4.49. The first-order chi connectivity index (χ1) is 7.29. The zero-order chi connectivity index (χ0) is 10.7. The van der Waals surface area contributed by atoms with E-state index < -0.39 is 0 Å². The number of esters is 1. The Bertz CT molecular complexity index is 230. The van der Waals surface area contributed by atoms with Crippen LogP contribution in [0.15, 0.2) is 0 Å². The van der Waals surface area contributed by atoms with Crippen LogP contribution < -0.4 is 5.32 Å². The molecule has 1 unspecified atom stereocenters. The lowest BCUT2D eigenvalue weighted by atomic mass is 9.71. The van der Waals surface area contributed by atoms with E-state index in [2.05, 4.69) is 5.32 Å². The molecule has 0 spiro atoms. The van der Waals surface area contributed by atoms with Gasteiger partial charge in [-0.1, -0.05) is 0 Å². The predicted molar refractivity (Wildman–Crippen MR) is 55.5 cm³/mol. The second-order valence-electron chi connectivity index (χ2n) is 4.46. The summed E-state index contributed by atoms with van der Waals surface area (Å²) in [5.41, 5.74) is -0.279. The first kappa shape index (κ1) is 10.9. The predicted octanol–water partition coefficient (Wildman–Crippen LogP) is 0.566. The van der Waals surface area contributed by atoms with E-state index in [4.69, 9.17) is 9.47 Å². The molecule has 0 aromatic heterocycles. The van der Waals surface area contributed by atoms with Crippen LogP contribution in [-0.4, -0.2) is 39.4 Å². The Balaban J connectivity index is 2.13. The van der Waals surface area contributed by atoms with Crippen LogP contribution in [-0.2, 0) is 14.3 Å². The van der Waals surface area contributed by atoms with Crippen LogP contribution in [0.1, 0.15) is 19.3 Å². The standard InChI is InChI=1S/C11H19NO3/c1-14-10(13)11(4-5-12-8-11)9-2-6-15-7-3-9/h9,12H,2-8H2,1H3. The molecule has 0 radical (unpaired) electrons.